The van der Waals surface area contributed by atoms with Gasteiger partial charge in [-0.3, -0.25) is 0 Å². The molecule has 0 bridgehead atoms. The van der Waals surface area contributed by atoms with Crippen LogP contribution < -0.4 is 9.57 Å². The molecule has 5 rings (SSSR count). The predicted octanol–water partition coefficient (Wildman–Crippen LogP) is 5.19. The van der Waals surface area contributed by atoms with Gasteiger partial charge < -0.3 is 4.74 Å². The molecule has 32 heavy (non-hydrogen) atoms. The molecule has 0 aliphatic heterocycles. The van der Waals surface area contributed by atoms with E-state index in [1.807, 2.05) is 19.1 Å². The van der Waals surface area contributed by atoms with Crippen LogP contribution in [0.5, 0.6) is 5.75 Å². The number of rotatable bonds is 4. The summed E-state index contributed by atoms with van der Waals surface area (Å²) in [4.78, 5) is 2.80. The number of fused-ring (bicyclic) bond motifs is 5. The van der Waals surface area contributed by atoms with E-state index in [1.54, 1.807) is 19.2 Å². The number of sulfonamides is 1. The minimum atomic E-state index is -3.65. The van der Waals surface area contributed by atoms with Crippen LogP contribution in [0.4, 0.5) is 0 Å². The predicted molar refractivity (Wildman–Crippen MR) is 127 cm³/mol. The number of benzene rings is 2. The van der Waals surface area contributed by atoms with Gasteiger partial charge in [0.15, 0.2) is 0 Å². The van der Waals surface area contributed by atoms with Gasteiger partial charge in [-0.2, -0.15) is 13.5 Å². The first-order chi connectivity index (χ1) is 15.3. The Hall–Kier alpha value is -2.34. The van der Waals surface area contributed by atoms with E-state index < -0.39 is 10.0 Å². The molecule has 1 N–H and O–H groups in total. The number of aryl methyl sites for hydroxylation is 2. The Balaban J connectivity index is 1.37. The molecule has 2 aromatic rings. The van der Waals surface area contributed by atoms with Crippen LogP contribution in [0.3, 0.4) is 0 Å². The number of ether oxygens (including phenoxy) is 1. The Morgan fingerprint density at radius 2 is 1.84 bits per heavy atom. The lowest BCUT2D eigenvalue weighted by Crippen LogP contribution is -2.43. The molecule has 0 unspecified atom stereocenters. The quantitative estimate of drug-likeness (QED) is 0.649. The molecule has 170 valence electrons. The van der Waals surface area contributed by atoms with Crippen molar-refractivity contribution in [3.05, 3.63) is 59.2 Å². The van der Waals surface area contributed by atoms with Gasteiger partial charge in [-0.15, -0.1) is 0 Å². The second kappa shape index (κ2) is 7.91. The van der Waals surface area contributed by atoms with Crippen molar-refractivity contribution in [2.75, 3.05) is 7.11 Å². The molecule has 5 nitrogen and oxygen atoms in total. The molecule has 0 aromatic heterocycles. The van der Waals surface area contributed by atoms with Gasteiger partial charge in [0.25, 0.3) is 10.0 Å². The summed E-state index contributed by atoms with van der Waals surface area (Å²) in [5, 5.41) is 4.52. The fraction of sp³-hybridized carbons (Fsp3) is 0.500. The van der Waals surface area contributed by atoms with Crippen LogP contribution in [0, 0.1) is 24.2 Å². The molecule has 0 spiro atoms. The molecule has 3 aliphatic carbocycles. The number of hydrogen-bond acceptors (Lipinski definition) is 4. The highest BCUT2D eigenvalue weighted by Crippen LogP contribution is 2.59. The van der Waals surface area contributed by atoms with Crippen LogP contribution in [-0.4, -0.2) is 21.2 Å². The molecule has 2 saturated carbocycles. The van der Waals surface area contributed by atoms with Gasteiger partial charge in [-0.25, -0.2) is 4.83 Å². The Kier molecular flexibility index (Phi) is 5.31. The second-order valence-electron chi connectivity index (χ2n) is 9.94. The Morgan fingerprint density at radius 3 is 2.59 bits per heavy atom. The van der Waals surface area contributed by atoms with E-state index in [4.69, 9.17) is 4.74 Å². The van der Waals surface area contributed by atoms with Crippen molar-refractivity contribution in [2.45, 2.75) is 63.2 Å². The largest absolute Gasteiger partial charge is 0.497 e. The number of nitrogens with zero attached hydrogens (tertiary/aromatic N) is 1. The van der Waals surface area contributed by atoms with Crippen molar-refractivity contribution in [1.82, 2.24) is 4.83 Å². The smallest absolute Gasteiger partial charge is 0.276 e. The zero-order valence-corrected chi connectivity index (χ0v) is 19.9. The van der Waals surface area contributed by atoms with Crippen LogP contribution in [0.15, 0.2) is 52.5 Å². The zero-order valence-electron chi connectivity index (χ0n) is 19.1. The second-order valence-corrected chi connectivity index (χ2v) is 11.6. The van der Waals surface area contributed by atoms with E-state index >= 15 is 0 Å². The SMILES string of the molecule is COc1ccc2c(c1)CC[C@@H]1[C@@H]2CC[C@]2(C)/C(=N\NS(=O)(=O)c3ccc(C)cc3)CC[C@H]12. The van der Waals surface area contributed by atoms with Crippen LogP contribution in [-0.2, 0) is 16.4 Å². The summed E-state index contributed by atoms with van der Waals surface area (Å²) >= 11 is 0. The summed E-state index contributed by atoms with van der Waals surface area (Å²) in [7, 11) is -1.92. The maximum Gasteiger partial charge on any atom is 0.276 e. The molecular weight excluding hydrogens is 420 g/mol. The lowest BCUT2D eigenvalue weighted by atomic mass is 9.55. The van der Waals surface area contributed by atoms with Gasteiger partial charge in [0.1, 0.15) is 5.75 Å². The molecule has 2 fully saturated rings. The lowest BCUT2D eigenvalue weighted by Gasteiger charge is -2.49. The van der Waals surface area contributed by atoms with Gasteiger partial charge in [-0.1, -0.05) is 30.7 Å². The van der Waals surface area contributed by atoms with Crippen molar-refractivity contribution < 1.29 is 13.2 Å². The van der Waals surface area contributed by atoms with Gasteiger partial charge >= 0.3 is 0 Å². The van der Waals surface area contributed by atoms with Gasteiger partial charge in [0, 0.05) is 11.1 Å². The summed E-state index contributed by atoms with van der Waals surface area (Å²) in [5.74, 6) is 2.72. The molecule has 2 aromatic carbocycles. The summed E-state index contributed by atoms with van der Waals surface area (Å²) < 4.78 is 30.9. The molecule has 3 aliphatic rings. The fourth-order valence-electron chi connectivity index (χ4n) is 6.54. The monoisotopic (exact) mass is 452 g/mol. The van der Waals surface area contributed by atoms with E-state index in [0.29, 0.717) is 17.8 Å². The lowest BCUT2D eigenvalue weighted by molar-refractivity contribution is 0.0954. The number of hydrogen-bond donors (Lipinski definition) is 1. The third-order valence-electron chi connectivity index (χ3n) is 8.31. The van der Waals surface area contributed by atoms with E-state index in [1.165, 1.54) is 17.5 Å². The number of methoxy groups -OCH3 is 1. The van der Waals surface area contributed by atoms with Crippen LogP contribution >= 0.6 is 0 Å². The van der Waals surface area contributed by atoms with E-state index in [9.17, 15) is 8.42 Å². The van der Waals surface area contributed by atoms with Gasteiger partial charge in [0.2, 0.25) is 0 Å². The minimum Gasteiger partial charge on any atom is -0.497 e. The Morgan fingerprint density at radius 1 is 1.06 bits per heavy atom. The highest BCUT2D eigenvalue weighted by atomic mass is 32.2. The fourth-order valence-corrected chi connectivity index (χ4v) is 7.37. The average Bonchev–Trinajstić information content (AvgIpc) is 3.13. The minimum absolute atomic E-state index is 0.0268. The highest BCUT2D eigenvalue weighted by Gasteiger charge is 2.53. The first-order valence-corrected chi connectivity index (χ1v) is 13.1. The first-order valence-electron chi connectivity index (χ1n) is 11.6. The van der Waals surface area contributed by atoms with Crippen molar-refractivity contribution in [3.8, 4) is 5.75 Å². The van der Waals surface area contributed by atoms with Crippen molar-refractivity contribution in [3.63, 3.8) is 0 Å². The van der Waals surface area contributed by atoms with Crippen LogP contribution in [0.2, 0.25) is 0 Å². The zero-order chi connectivity index (χ0) is 22.5. The normalized spacial score (nSPS) is 30.3. The van der Waals surface area contributed by atoms with Gasteiger partial charge in [0.05, 0.1) is 12.0 Å². The van der Waals surface area contributed by atoms with Crippen molar-refractivity contribution in [1.29, 1.82) is 0 Å². The molecular formula is C26H32N2O3S. The maximum absolute atomic E-state index is 12.8. The standard InChI is InChI=1S/C26H32N2O3S/c1-17-4-8-20(9-5-17)32(29,30)28-27-25-13-12-24-23-10-6-18-16-19(31-3)7-11-21(18)22(23)14-15-26(24,25)2/h4-5,7-9,11,16,22-24,28H,6,10,12-15H2,1-3H3/b27-25-/t22-,23-,24-,26+/m1/s1. The van der Waals surface area contributed by atoms with Crippen molar-refractivity contribution in [2.24, 2.45) is 22.4 Å². The molecule has 0 amide bonds. The molecule has 0 heterocycles. The average molecular weight is 453 g/mol. The molecule has 6 heteroatoms. The summed E-state index contributed by atoms with van der Waals surface area (Å²) in [6.45, 7) is 4.25. The third kappa shape index (κ3) is 3.53. The van der Waals surface area contributed by atoms with Crippen LogP contribution in [0.1, 0.15) is 61.6 Å². The molecule has 0 radical (unpaired) electrons. The first kappa shape index (κ1) is 21.5. The van der Waals surface area contributed by atoms with Crippen molar-refractivity contribution >= 4 is 15.7 Å². The molecule has 4 atom stereocenters. The van der Waals surface area contributed by atoms with E-state index in [-0.39, 0.29) is 10.3 Å². The maximum atomic E-state index is 12.8. The Labute approximate surface area is 191 Å². The summed E-state index contributed by atoms with van der Waals surface area (Å²) in [6.07, 6.45) is 6.42. The number of nitrogens with one attached hydrogen (secondary N) is 1. The van der Waals surface area contributed by atoms with E-state index in [2.05, 4.69) is 35.1 Å². The molecule has 0 saturated heterocycles. The van der Waals surface area contributed by atoms with Crippen LogP contribution in [0.25, 0.3) is 0 Å². The Bertz CT molecular complexity index is 1160. The topological polar surface area (TPSA) is 67.8 Å². The van der Waals surface area contributed by atoms with Gasteiger partial charge in [-0.05, 0) is 98.6 Å². The highest BCUT2D eigenvalue weighted by molar-refractivity contribution is 7.89. The van der Waals surface area contributed by atoms with E-state index in [0.717, 1.165) is 49.1 Å². The number of hydrazone groups is 1. The summed E-state index contributed by atoms with van der Waals surface area (Å²) in [6, 6.07) is 13.5. The third-order valence-corrected chi connectivity index (χ3v) is 9.53. The summed E-state index contributed by atoms with van der Waals surface area (Å²) in [5.41, 5.74) is 4.96.